The Labute approximate surface area is 211 Å². The van der Waals surface area contributed by atoms with Gasteiger partial charge in [0.1, 0.15) is 18.1 Å². The van der Waals surface area contributed by atoms with E-state index in [1.54, 1.807) is 63.4 Å². The van der Waals surface area contributed by atoms with Crippen LogP contribution in [0.5, 0.6) is 11.5 Å². The molecule has 0 radical (unpaired) electrons. The lowest BCUT2D eigenvalue weighted by Crippen LogP contribution is -2.19. The predicted octanol–water partition coefficient (Wildman–Crippen LogP) is 5.87. The molecule has 0 fully saturated rings. The Morgan fingerprint density at radius 1 is 1.11 bits per heavy atom. The van der Waals surface area contributed by atoms with E-state index in [1.165, 1.54) is 6.08 Å². The molecule has 0 saturated heterocycles. The number of nitrogens with two attached hydrogens (primary N) is 1. The molecule has 3 rings (SSSR count). The number of nitrogens with one attached hydrogen (secondary N) is 1. The van der Waals surface area contributed by atoms with E-state index in [-0.39, 0.29) is 5.91 Å². The van der Waals surface area contributed by atoms with Gasteiger partial charge in [-0.05, 0) is 74.7 Å². The van der Waals surface area contributed by atoms with Crippen LogP contribution < -0.4 is 20.5 Å². The first kappa shape index (κ1) is 26.1. The van der Waals surface area contributed by atoms with Gasteiger partial charge < -0.3 is 25.6 Å². The normalized spacial score (nSPS) is 11.5. The summed E-state index contributed by atoms with van der Waals surface area (Å²) in [6.07, 6.45) is 4.15. The standard InChI is InChI=1S/C28H31ClN2O4/c1-28(2,33)17-16-22-25(34-3)14-10-20(27(22)35-18-19-8-12-21(29)13-9-19)11-15-26(32)31-24-7-5-4-6-23(24)30/h4-15,33H,16-18,30H2,1-3H3,(H,31,32). The largest absolute Gasteiger partial charge is 0.496 e. The number of hydrogen-bond donors (Lipinski definition) is 3. The van der Waals surface area contributed by atoms with Crippen molar-refractivity contribution in [2.75, 3.05) is 18.2 Å². The number of para-hydroxylation sites is 2. The Balaban J connectivity index is 1.91. The minimum Gasteiger partial charge on any atom is -0.496 e. The Kier molecular flexibility index (Phi) is 8.79. The molecule has 0 aliphatic carbocycles. The van der Waals surface area contributed by atoms with Crippen molar-refractivity contribution in [1.82, 2.24) is 0 Å². The number of hydrogen-bond acceptors (Lipinski definition) is 5. The van der Waals surface area contributed by atoms with E-state index in [0.29, 0.717) is 52.9 Å². The molecule has 0 aliphatic rings. The first-order valence-corrected chi connectivity index (χ1v) is 11.7. The molecular weight excluding hydrogens is 464 g/mol. The van der Waals surface area contributed by atoms with Gasteiger partial charge in [0.2, 0.25) is 5.91 Å². The highest BCUT2D eigenvalue weighted by Crippen LogP contribution is 2.36. The molecule has 0 bridgehead atoms. The van der Waals surface area contributed by atoms with Crippen LogP contribution in [0.15, 0.2) is 66.7 Å². The Morgan fingerprint density at radius 2 is 1.83 bits per heavy atom. The molecule has 3 aromatic rings. The minimum absolute atomic E-state index is 0.299. The molecule has 184 valence electrons. The highest BCUT2D eigenvalue weighted by Gasteiger charge is 2.19. The van der Waals surface area contributed by atoms with Crippen LogP contribution in [0.2, 0.25) is 5.02 Å². The smallest absolute Gasteiger partial charge is 0.248 e. The van der Waals surface area contributed by atoms with Crippen LogP contribution in [0.1, 0.15) is 37.0 Å². The summed E-state index contributed by atoms with van der Waals surface area (Å²) in [6.45, 7) is 3.82. The van der Waals surface area contributed by atoms with E-state index in [9.17, 15) is 9.90 Å². The molecule has 0 atom stereocenters. The zero-order chi connectivity index (χ0) is 25.4. The van der Waals surface area contributed by atoms with Crippen LogP contribution in [-0.4, -0.2) is 23.7 Å². The third-order valence-corrected chi connectivity index (χ3v) is 5.64. The van der Waals surface area contributed by atoms with Crippen molar-refractivity contribution in [2.24, 2.45) is 0 Å². The molecule has 35 heavy (non-hydrogen) atoms. The van der Waals surface area contributed by atoms with Gasteiger partial charge in [-0.25, -0.2) is 0 Å². The van der Waals surface area contributed by atoms with Gasteiger partial charge in [0, 0.05) is 22.2 Å². The molecule has 4 N–H and O–H groups in total. The molecule has 0 heterocycles. The Hall–Kier alpha value is -3.48. The fraction of sp³-hybridized carbons (Fsp3) is 0.250. The molecule has 0 aromatic heterocycles. The van der Waals surface area contributed by atoms with E-state index in [0.717, 1.165) is 11.1 Å². The Bertz CT molecular complexity index is 1180. The van der Waals surface area contributed by atoms with Crippen molar-refractivity contribution >= 4 is 35.0 Å². The number of ether oxygens (including phenoxy) is 2. The van der Waals surface area contributed by atoms with Gasteiger partial charge in [0.05, 0.1) is 24.1 Å². The SMILES string of the molecule is COc1ccc(C=CC(=O)Nc2ccccc2N)c(OCc2ccc(Cl)cc2)c1CCC(C)(C)O. The topological polar surface area (TPSA) is 93.8 Å². The number of carbonyl (C=O) groups is 1. The van der Waals surface area contributed by atoms with Gasteiger partial charge in [-0.15, -0.1) is 0 Å². The van der Waals surface area contributed by atoms with Crippen LogP contribution in [0, 0.1) is 0 Å². The predicted molar refractivity (Wildman–Crippen MR) is 142 cm³/mol. The number of aliphatic hydroxyl groups is 1. The number of amides is 1. The first-order valence-electron chi connectivity index (χ1n) is 11.3. The van der Waals surface area contributed by atoms with E-state index in [2.05, 4.69) is 5.32 Å². The van der Waals surface area contributed by atoms with Crippen LogP contribution in [0.25, 0.3) is 6.08 Å². The van der Waals surface area contributed by atoms with Crippen LogP contribution >= 0.6 is 11.6 Å². The first-order chi connectivity index (χ1) is 16.7. The number of methoxy groups -OCH3 is 1. The second-order valence-electron chi connectivity index (χ2n) is 8.80. The van der Waals surface area contributed by atoms with Gasteiger partial charge >= 0.3 is 0 Å². The van der Waals surface area contributed by atoms with Gasteiger partial charge in [-0.1, -0.05) is 35.9 Å². The average molecular weight is 495 g/mol. The summed E-state index contributed by atoms with van der Waals surface area (Å²) in [6, 6.07) is 18.1. The summed E-state index contributed by atoms with van der Waals surface area (Å²) in [4.78, 5) is 12.6. The maximum Gasteiger partial charge on any atom is 0.248 e. The van der Waals surface area contributed by atoms with Gasteiger partial charge in [0.25, 0.3) is 0 Å². The maximum atomic E-state index is 12.6. The molecule has 6 nitrogen and oxygen atoms in total. The van der Waals surface area contributed by atoms with Crippen molar-refractivity contribution in [3.05, 3.63) is 88.5 Å². The number of carbonyl (C=O) groups excluding carboxylic acids is 1. The van der Waals surface area contributed by atoms with E-state index < -0.39 is 5.60 Å². The monoisotopic (exact) mass is 494 g/mol. The third kappa shape index (κ3) is 7.77. The van der Waals surface area contributed by atoms with Crippen LogP contribution in [0.4, 0.5) is 11.4 Å². The lowest BCUT2D eigenvalue weighted by molar-refractivity contribution is -0.111. The van der Waals surface area contributed by atoms with Gasteiger partial charge in [-0.2, -0.15) is 0 Å². The highest BCUT2D eigenvalue weighted by molar-refractivity contribution is 6.30. The summed E-state index contributed by atoms with van der Waals surface area (Å²) in [5, 5.41) is 13.7. The zero-order valence-electron chi connectivity index (χ0n) is 20.2. The molecule has 7 heteroatoms. The summed E-state index contributed by atoms with van der Waals surface area (Å²) in [7, 11) is 1.60. The summed E-state index contributed by atoms with van der Waals surface area (Å²) < 4.78 is 11.9. The fourth-order valence-corrected chi connectivity index (χ4v) is 3.60. The lowest BCUT2D eigenvalue weighted by Gasteiger charge is -2.21. The van der Waals surface area contributed by atoms with Gasteiger partial charge in [0.15, 0.2) is 0 Å². The quantitative estimate of drug-likeness (QED) is 0.242. The average Bonchev–Trinajstić information content (AvgIpc) is 2.82. The number of anilines is 2. The fourth-order valence-electron chi connectivity index (χ4n) is 3.48. The number of rotatable bonds is 10. The van der Waals surface area contributed by atoms with E-state index >= 15 is 0 Å². The van der Waals surface area contributed by atoms with E-state index in [1.807, 2.05) is 24.3 Å². The molecule has 0 unspecified atom stereocenters. The lowest BCUT2D eigenvalue weighted by atomic mass is 9.96. The second kappa shape index (κ2) is 11.8. The summed E-state index contributed by atoms with van der Waals surface area (Å²) in [5.41, 5.74) is 8.56. The van der Waals surface area contributed by atoms with Crippen molar-refractivity contribution < 1.29 is 19.4 Å². The summed E-state index contributed by atoms with van der Waals surface area (Å²) in [5.74, 6) is 0.922. The maximum absolute atomic E-state index is 12.6. The van der Waals surface area contributed by atoms with E-state index in [4.69, 9.17) is 26.8 Å². The van der Waals surface area contributed by atoms with Crippen LogP contribution in [-0.2, 0) is 17.8 Å². The Morgan fingerprint density at radius 3 is 2.49 bits per heavy atom. The van der Waals surface area contributed by atoms with Crippen molar-refractivity contribution in [1.29, 1.82) is 0 Å². The molecule has 3 aromatic carbocycles. The molecule has 0 spiro atoms. The molecule has 0 saturated carbocycles. The zero-order valence-corrected chi connectivity index (χ0v) is 20.9. The molecular formula is C28H31ClN2O4. The molecule has 0 aliphatic heterocycles. The van der Waals surface area contributed by atoms with Crippen molar-refractivity contribution in [3.8, 4) is 11.5 Å². The number of nitrogen functional groups attached to an aromatic ring is 1. The molecule has 1 amide bonds. The second-order valence-corrected chi connectivity index (χ2v) is 9.24. The minimum atomic E-state index is -0.861. The number of halogens is 1. The van der Waals surface area contributed by atoms with Crippen LogP contribution in [0.3, 0.4) is 0 Å². The van der Waals surface area contributed by atoms with Gasteiger partial charge in [-0.3, -0.25) is 4.79 Å². The number of benzene rings is 3. The van der Waals surface area contributed by atoms with Crippen molar-refractivity contribution in [3.63, 3.8) is 0 Å². The highest BCUT2D eigenvalue weighted by atomic mass is 35.5. The third-order valence-electron chi connectivity index (χ3n) is 5.38. The summed E-state index contributed by atoms with van der Waals surface area (Å²) >= 11 is 6.01. The van der Waals surface area contributed by atoms with Crippen molar-refractivity contribution in [2.45, 2.75) is 38.9 Å².